The van der Waals surface area contributed by atoms with Gasteiger partial charge in [0, 0.05) is 68.7 Å². The van der Waals surface area contributed by atoms with Gasteiger partial charge in [-0.25, -0.2) is 0 Å². The number of hydrogen-bond acceptors (Lipinski definition) is 12. The van der Waals surface area contributed by atoms with E-state index in [1.165, 1.54) is 0 Å². The second-order valence-electron chi connectivity index (χ2n) is 19.9. The monoisotopic (exact) mass is 1080 g/mol. The number of aromatic hydroxyl groups is 8. The van der Waals surface area contributed by atoms with Crippen molar-refractivity contribution >= 4 is 0 Å². The minimum atomic E-state index is -0.432. The van der Waals surface area contributed by atoms with E-state index in [4.69, 9.17) is 0 Å². The van der Waals surface area contributed by atoms with Gasteiger partial charge in [0.2, 0.25) is 0 Å². The van der Waals surface area contributed by atoms with E-state index in [1.807, 2.05) is 97.1 Å². The first-order valence-electron chi connectivity index (χ1n) is 26.3. The van der Waals surface area contributed by atoms with Crippen LogP contribution in [0.5, 0.6) is 46.0 Å². The Morgan fingerprint density at radius 2 is 0.372 bits per heavy atom. The molecular weight excluding hydrogens is 1010 g/mol. The van der Waals surface area contributed by atoms with E-state index in [9.17, 15) is 40.9 Å². The van der Waals surface area contributed by atoms with Gasteiger partial charge in [-0.1, -0.05) is 179 Å². The summed E-state index contributed by atoms with van der Waals surface area (Å²) in [6.45, 7) is 0. The third kappa shape index (κ3) is 13.9. The number of hydrogen-bond donors (Lipinski definition) is 12. The van der Waals surface area contributed by atoms with Crippen LogP contribution in [-0.4, -0.2) is 65.0 Å². The number of nitrogens with one attached hydrogen (secondary N) is 4. The van der Waals surface area contributed by atoms with Crippen molar-refractivity contribution in [2.75, 3.05) is 0 Å². The summed E-state index contributed by atoms with van der Waals surface area (Å²) in [7, 11) is 0. The van der Waals surface area contributed by atoms with Crippen molar-refractivity contribution in [1.29, 1.82) is 0 Å². The number of benzene rings is 8. The molecule has 0 bridgehead atoms. The van der Waals surface area contributed by atoms with Crippen LogP contribution < -0.4 is 21.3 Å². The minimum Gasteiger partial charge on any atom is -0.508 e. The molecule has 2 aliphatic rings. The Morgan fingerprint density at radius 1 is 0.244 bits per heavy atom. The van der Waals surface area contributed by atoms with Crippen LogP contribution in [0, 0.1) is 0 Å². The van der Waals surface area contributed by atoms with Crippen molar-refractivity contribution in [3.63, 3.8) is 0 Å². The van der Waals surface area contributed by atoms with Crippen molar-refractivity contribution in [3.05, 3.63) is 239 Å². The van der Waals surface area contributed by atoms with E-state index in [0.717, 1.165) is 51.4 Å². The van der Waals surface area contributed by atoms with Crippen LogP contribution in [0.25, 0.3) is 0 Å². The third-order valence-electron chi connectivity index (χ3n) is 15.0. The first kappa shape index (κ1) is 58.4. The molecule has 0 heterocycles. The molecule has 0 amide bonds. The maximum Gasteiger partial charge on any atom is 2.00 e. The molecule has 2 fully saturated rings. The molecule has 12 N–H and O–H groups in total. The van der Waals surface area contributed by atoms with E-state index in [-0.39, 0.29) is 99.3 Å². The number of para-hydroxylation sites is 8. The van der Waals surface area contributed by atoms with Crippen molar-refractivity contribution in [2.24, 2.45) is 0 Å². The quantitative estimate of drug-likeness (QED) is 0.0408. The average molecular weight is 1090 g/mol. The van der Waals surface area contributed by atoms with Gasteiger partial charge in [-0.15, -0.1) is 0 Å². The van der Waals surface area contributed by atoms with Gasteiger partial charge in [-0.2, -0.15) is 0 Å². The second-order valence-corrected chi connectivity index (χ2v) is 19.9. The maximum atomic E-state index is 10.7. The zero-order chi connectivity index (χ0) is 53.0. The van der Waals surface area contributed by atoms with Crippen molar-refractivity contribution in [2.45, 2.75) is 107 Å². The molecule has 4 atom stereocenters. The van der Waals surface area contributed by atoms with Crippen molar-refractivity contribution in [1.82, 2.24) is 21.3 Å². The van der Waals surface area contributed by atoms with E-state index in [1.54, 1.807) is 97.1 Å². The largest absolute Gasteiger partial charge is 2.00 e. The topological polar surface area (TPSA) is 210 Å². The molecule has 0 spiro atoms. The smallest absolute Gasteiger partial charge is 0.508 e. The fourth-order valence-corrected chi connectivity index (χ4v) is 11.2. The Hall–Kier alpha value is -7.29. The van der Waals surface area contributed by atoms with E-state index in [2.05, 4.69) is 21.3 Å². The van der Waals surface area contributed by atoms with E-state index >= 15 is 0 Å². The average Bonchev–Trinajstić information content (AvgIpc) is 3.45. The molecule has 2 aliphatic carbocycles. The van der Waals surface area contributed by atoms with Gasteiger partial charge < -0.3 is 62.1 Å². The molecule has 10 rings (SSSR count). The zero-order valence-electron chi connectivity index (χ0n) is 42.8. The second kappa shape index (κ2) is 27.9. The first-order chi connectivity index (χ1) is 37.0. The van der Waals surface area contributed by atoms with Gasteiger partial charge in [0.15, 0.2) is 0 Å². The fraction of sp³-hybridized carbons (Fsp3) is 0.262. The Bertz CT molecular complexity index is 2580. The molecule has 0 aromatic heterocycles. The van der Waals surface area contributed by atoms with Gasteiger partial charge in [-0.3, -0.25) is 0 Å². The summed E-state index contributed by atoms with van der Waals surface area (Å²) < 4.78 is 0. The van der Waals surface area contributed by atoms with Gasteiger partial charge >= 0.3 is 21.7 Å². The van der Waals surface area contributed by atoms with Crippen molar-refractivity contribution < 1.29 is 62.6 Å². The van der Waals surface area contributed by atoms with Crippen LogP contribution in [0.3, 0.4) is 0 Å². The van der Waals surface area contributed by atoms with Crippen LogP contribution in [0.1, 0.15) is 127 Å². The predicted molar refractivity (Wildman–Crippen MR) is 304 cm³/mol. The van der Waals surface area contributed by atoms with Gasteiger partial charge in [0.1, 0.15) is 46.0 Å². The van der Waals surface area contributed by atoms with Gasteiger partial charge in [0.05, 0.1) is 24.2 Å². The summed E-state index contributed by atoms with van der Waals surface area (Å²) in [4.78, 5) is 0. The predicted octanol–water partition coefficient (Wildman–Crippen LogP) is 12.4. The van der Waals surface area contributed by atoms with Crippen LogP contribution in [0.2, 0.25) is 0 Å². The summed E-state index contributed by atoms with van der Waals surface area (Å²) in [6, 6.07) is 55.8. The number of phenols is 8. The molecule has 8 aromatic carbocycles. The fourth-order valence-electron chi connectivity index (χ4n) is 11.2. The molecule has 12 nitrogen and oxygen atoms in total. The third-order valence-corrected chi connectivity index (χ3v) is 15.0. The summed E-state index contributed by atoms with van der Waals surface area (Å²) >= 11 is 0. The van der Waals surface area contributed by atoms with Crippen LogP contribution in [0.15, 0.2) is 194 Å². The molecule has 0 unspecified atom stereocenters. The van der Waals surface area contributed by atoms with E-state index < -0.39 is 24.2 Å². The Balaban J connectivity index is 0.000000220. The van der Waals surface area contributed by atoms with Crippen LogP contribution in [0.4, 0.5) is 0 Å². The van der Waals surface area contributed by atoms with Crippen LogP contribution >= 0.6 is 0 Å². The molecule has 402 valence electrons. The summed E-state index contributed by atoms with van der Waals surface area (Å²) in [6.07, 6.45) is 7.74. The van der Waals surface area contributed by atoms with Gasteiger partial charge in [-0.05, 0) is 74.2 Å². The molecule has 0 radical (unpaired) electrons. The summed E-state index contributed by atoms with van der Waals surface area (Å²) in [5.74, 6) is 1.30. The number of phenolic OH excluding ortho intramolecular Hbond substituents is 8. The zero-order valence-corrected chi connectivity index (χ0v) is 44.4. The van der Waals surface area contributed by atoms with Gasteiger partial charge in [0.25, 0.3) is 0 Å². The Kier molecular flexibility index (Phi) is 20.9. The molecule has 78 heavy (non-hydrogen) atoms. The maximum absolute atomic E-state index is 10.7. The number of rotatable bonds is 16. The summed E-state index contributed by atoms with van der Waals surface area (Å²) in [5, 5.41) is 101. The Labute approximate surface area is 473 Å². The van der Waals surface area contributed by atoms with Crippen molar-refractivity contribution in [3.8, 4) is 46.0 Å². The van der Waals surface area contributed by atoms with Crippen LogP contribution in [-0.2, 0) is 21.7 Å². The SMILES string of the molecule is C.Oc1ccccc1C(N[C@@H]1CCCC[C@H]1NC(c1ccccc1O)c1ccccc1O)c1ccccc1O.Oc1ccccc1C(N[C@@H]1CCCC[C@H]1NC(c1ccccc1O)c1ccccc1O)c1ccccc1O.[Ti+2]. The molecule has 2 saturated carbocycles. The molecule has 0 aliphatic heterocycles. The first-order valence-corrected chi connectivity index (χ1v) is 26.3. The standard InChI is InChI=1S/2C32H34N2O4.CH4.Ti/c2*35-27-17-7-1-11-21(27)31(22-12-2-8-18-28(22)36)33-25-15-5-6-16-26(25)34-32(23-13-3-9-19-29(23)37)24-14-4-10-20-30(24)38;;/h2*1-4,7-14,17-20,25-26,31-38H,5-6,15-16H2;1H4;/q;;;+2/t2*25-,26-;;/m11../s1. The minimum absolute atomic E-state index is 0. The molecule has 0 saturated heterocycles. The normalized spacial score (nSPS) is 17.2. The van der Waals surface area contributed by atoms with E-state index in [0.29, 0.717) is 44.5 Å². The summed E-state index contributed by atoms with van der Waals surface area (Å²) in [5.41, 5.74) is 5.53. The molecule has 8 aromatic rings. The Morgan fingerprint density at radius 3 is 0.500 bits per heavy atom. The molecule has 13 heteroatoms. The molecular formula is C65H72N4O8Ti+2.